The monoisotopic (exact) mass is 549 g/mol. The fourth-order valence-electron chi connectivity index (χ4n) is 7.68. The summed E-state index contributed by atoms with van der Waals surface area (Å²) < 4.78 is 17.8. The molecule has 1 heterocycles. The Morgan fingerprint density at radius 3 is 2.79 bits per heavy atom. The van der Waals surface area contributed by atoms with Gasteiger partial charge < -0.3 is 19.1 Å². The lowest BCUT2D eigenvalue weighted by Crippen LogP contribution is -2.50. The molecule has 0 amide bonds. The standard InChI is InChI=1S/C33H40ClNO4/c1-37-31(22-7-4-3-5-8-22)27-13-10-25(27)19-35-20-33(16-6-9-23-17-26(34)12-14-28(23)33)21-39-30-15-11-24(18-29(30)35)32(36)38-2/h4,7,11-12,14-15,17-18,22,25,27,31H,3,5-6,8-10,13,16,19-21H2,1-2H3/t22-,25-,27+,31-,33?/m0/s1. The molecule has 0 aromatic heterocycles. The number of carbonyl (C=O) groups is 1. The third kappa shape index (κ3) is 5.09. The van der Waals surface area contributed by atoms with E-state index in [4.69, 9.17) is 25.8 Å². The fraction of sp³-hybridized carbons (Fsp3) is 0.545. The molecule has 1 unspecified atom stereocenters. The van der Waals surface area contributed by atoms with Gasteiger partial charge in [-0.25, -0.2) is 4.79 Å². The number of hydrogen-bond acceptors (Lipinski definition) is 5. The Bertz CT molecular complexity index is 1240. The molecule has 39 heavy (non-hydrogen) atoms. The van der Waals surface area contributed by atoms with Crippen molar-refractivity contribution in [2.45, 2.75) is 62.9 Å². The zero-order valence-corrected chi connectivity index (χ0v) is 23.9. The van der Waals surface area contributed by atoms with Gasteiger partial charge in [-0.15, -0.1) is 0 Å². The molecule has 3 aliphatic carbocycles. The van der Waals surface area contributed by atoms with E-state index in [1.807, 2.05) is 31.4 Å². The summed E-state index contributed by atoms with van der Waals surface area (Å²) in [4.78, 5) is 15.0. The number of rotatable bonds is 6. The van der Waals surface area contributed by atoms with E-state index in [-0.39, 0.29) is 17.5 Å². The van der Waals surface area contributed by atoms with Crippen LogP contribution in [0.3, 0.4) is 0 Å². The average Bonchev–Trinajstić information content (AvgIpc) is 3.10. The van der Waals surface area contributed by atoms with Gasteiger partial charge in [0.05, 0.1) is 31.1 Å². The summed E-state index contributed by atoms with van der Waals surface area (Å²) in [6, 6.07) is 12.1. The summed E-state index contributed by atoms with van der Waals surface area (Å²) in [6.07, 6.45) is 14.3. The second-order valence-corrected chi connectivity index (χ2v) is 12.4. The van der Waals surface area contributed by atoms with E-state index in [1.54, 1.807) is 0 Å². The van der Waals surface area contributed by atoms with Gasteiger partial charge >= 0.3 is 5.97 Å². The predicted molar refractivity (Wildman–Crippen MR) is 155 cm³/mol. The lowest BCUT2D eigenvalue weighted by molar-refractivity contribution is -0.0426. The van der Waals surface area contributed by atoms with E-state index in [1.165, 1.54) is 50.3 Å². The number of ether oxygens (including phenoxy) is 3. The summed E-state index contributed by atoms with van der Waals surface area (Å²) in [5, 5.41) is 0.794. The van der Waals surface area contributed by atoms with Crippen molar-refractivity contribution >= 4 is 23.3 Å². The van der Waals surface area contributed by atoms with Crippen molar-refractivity contribution < 1.29 is 19.0 Å². The minimum atomic E-state index is -0.320. The highest BCUT2D eigenvalue weighted by Gasteiger charge is 2.45. The lowest BCUT2D eigenvalue weighted by atomic mass is 9.66. The number of nitrogens with zero attached hydrogens (tertiary/aromatic N) is 1. The van der Waals surface area contributed by atoms with Crippen molar-refractivity contribution in [2.75, 3.05) is 38.8 Å². The maximum absolute atomic E-state index is 12.5. The van der Waals surface area contributed by atoms with Gasteiger partial charge in [-0.2, -0.15) is 0 Å². The number of allylic oxidation sites excluding steroid dienone is 1. The Hall–Kier alpha value is -2.50. The summed E-state index contributed by atoms with van der Waals surface area (Å²) in [5.41, 5.74) is 4.12. The third-order valence-corrected chi connectivity index (χ3v) is 10.0. The van der Waals surface area contributed by atoms with Crippen molar-refractivity contribution in [3.63, 3.8) is 0 Å². The van der Waals surface area contributed by atoms with E-state index in [9.17, 15) is 4.79 Å². The number of fused-ring (bicyclic) bond motifs is 3. The van der Waals surface area contributed by atoms with Gasteiger partial charge in [0.1, 0.15) is 5.75 Å². The van der Waals surface area contributed by atoms with Crippen LogP contribution >= 0.6 is 11.6 Å². The van der Waals surface area contributed by atoms with Gasteiger partial charge in [0.2, 0.25) is 0 Å². The van der Waals surface area contributed by atoms with Gasteiger partial charge in [-0.3, -0.25) is 0 Å². The molecule has 0 bridgehead atoms. The normalized spacial score (nSPS) is 28.5. The second kappa shape index (κ2) is 11.2. The van der Waals surface area contributed by atoms with Crippen LogP contribution in [0.5, 0.6) is 5.75 Å². The number of methoxy groups -OCH3 is 2. The van der Waals surface area contributed by atoms with Crippen LogP contribution in [0.15, 0.2) is 48.6 Å². The quantitative estimate of drug-likeness (QED) is 0.287. The topological polar surface area (TPSA) is 48.0 Å². The minimum absolute atomic E-state index is 0.130. The first-order chi connectivity index (χ1) is 19.0. The van der Waals surface area contributed by atoms with Crippen LogP contribution in [0.25, 0.3) is 0 Å². The zero-order valence-electron chi connectivity index (χ0n) is 23.2. The van der Waals surface area contributed by atoms with Crippen molar-refractivity contribution in [2.24, 2.45) is 17.8 Å². The van der Waals surface area contributed by atoms with Crippen LogP contribution in [0.1, 0.15) is 66.4 Å². The number of hydrogen-bond donors (Lipinski definition) is 0. The molecule has 0 N–H and O–H groups in total. The predicted octanol–water partition coefficient (Wildman–Crippen LogP) is 7.00. The van der Waals surface area contributed by atoms with Crippen LogP contribution in [-0.4, -0.2) is 46.0 Å². The molecule has 0 saturated heterocycles. The molecule has 208 valence electrons. The van der Waals surface area contributed by atoms with Crippen molar-refractivity contribution in [1.82, 2.24) is 0 Å². The second-order valence-electron chi connectivity index (χ2n) is 12.0. The molecule has 5 nitrogen and oxygen atoms in total. The molecule has 5 atom stereocenters. The summed E-state index contributed by atoms with van der Waals surface area (Å²) in [5.74, 6) is 2.09. The van der Waals surface area contributed by atoms with E-state index >= 15 is 0 Å². The van der Waals surface area contributed by atoms with E-state index in [2.05, 4.69) is 29.2 Å². The smallest absolute Gasteiger partial charge is 0.337 e. The van der Waals surface area contributed by atoms with Gasteiger partial charge in [0.15, 0.2) is 0 Å². The van der Waals surface area contributed by atoms with Crippen LogP contribution in [0.4, 0.5) is 5.69 Å². The lowest BCUT2D eigenvalue weighted by Gasteiger charge is -2.47. The van der Waals surface area contributed by atoms with E-state index in [0.717, 1.165) is 48.8 Å². The first-order valence-corrected chi connectivity index (χ1v) is 15.0. The molecular weight excluding hydrogens is 510 g/mol. The molecule has 6 rings (SSSR count). The molecule has 6 heteroatoms. The Labute approximate surface area is 237 Å². The molecule has 1 fully saturated rings. The van der Waals surface area contributed by atoms with Crippen molar-refractivity contribution in [1.29, 1.82) is 0 Å². The molecule has 1 spiro atoms. The van der Waals surface area contributed by atoms with Crippen LogP contribution in [0, 0.1) is 17.8 Å². The molecule has 4 aliphatic rings. The number of carbonyl (C=O) groups excluding carboxylic acids is 1. The number of esters is 1. The molecule has 2 aromatic rings. The number of anilines is 1. The van der Waals surface area contributed by atoms with E-state index in [0.29, 0.717) is 29.9 Å². The Morgan fingerprint density at radius 2 is 2.05 bits per heavy atom. The Morgan fingerprint density at radius 1 is 1.15 bits per heavy atom. The first kappa shape index (κ1) is 26.7. The summed E-state index contributed by atoms with van der Waals surface area (Å²) in [6.45, 7) is 2.39. The van der Waals surface area contributed by atoms with Crippen molar-refractivity contribution in [3.8, 4) is 5.75 Å². The SMILES string of the molecule is COC(=O)c1ccc2c(c1)N(C[C@@H]1CC[C@H]1[C@@H](OC)[C@H]1C=CCCC1)CC1(CCCc3cc(Cl)ccc31)CO2. The third-order valence-electron chi connectivity index (χ3n) is 9.80. The molecule has 0 radical (unpaired) electrons. The number of halogens is 1. The molecule has 2 aromatic carbocycles. The highest BCUT2D eigenvalue weighted by Crippen LogP contribution is 2.48. The highest BCUT2D eigenvalue weighted by molar-refractivity contribution is 6.30. The summed E-state index contributed by atoms with van der Waals surface area (Å²) >= 11 is 6.42. The highest BCUT2D eigenvalue weighted by atomic mass is 35.5. The zero-order chi connectivity index (χ0) is 27.0. The summed E-state index contributed by atoms with van der Waals surface area (Å²) in [7, 11) is 3.32. The Kier molecular flexibility index (Phi) is 7.65. The number of aryl methyl sites for hydroxylation is 1. The van der Waals surface area contributed by atoms with Crippen LogP contribution < -0.4 is 9.64 Å². The Balaban J connectivity index is 1.35. The van der Waals surface area contributed by atoms with Gasteiger partial charge in [-0.1, -0.05) is 29.8 Å². The minimum Gasteiger partial charge on any atom is -0.490 e. The largest absolute Gasteiger partial charge is 0.490 e. The van der Waals surface area contributed by atoms with Gasteiger partial charge in [0, 0.05) is 36.6 Å². The van der Waals surface area contributed by atoms with Crippen LogP contribution in [-0.2, 0) is 21.3 Å². The maximum atomic E-state index is 12.5. The first-order valence-electron chi connectivity index (χ1n) is 14.6. The van der Waals surface area contributed by atoms with Gasteiger partial charge in [-0.05, 0) is 105 Å². The molecular formula is C33H40ClNO4. The molecule has 1 aliphatic heterocycles. The van der Waals surface area contributed by atoms with Gasteiger partial charge in [0.25, 0.3) is 0 Å². The van der Waals surface area contributed by atoms with Crippen molar-refractivity contribution in [3.05, 3.63) is 70.3 Å². The molecule has 1 saturated carbocycles. The average molecular weight is 550 g/mol. The number of benzene rings is 2. The van der Waals surface area contributed by atoms with Crippen LogP contribution in [0.2, 0.25) is 5.02 Å². The van der Waals surface area contributed by atoms with E-state index < -0.39 is 0 Å². The maximum Gasteiger partial charge on any atom is 0.337 e. The fourth-order valence-corrected chi connectivity index (χ4v) is 7.87.